The zero-order valence-corrected chi connectivity index (χ0v) is 19.0. The molecule has 166 valence electrons. The van der Waals surface area contributed by atoms with Crippen molar-refractivity contribution in [1.82, 2.24) is 0 Å². The van der Waals surface area contributed by atoms with Crippen molar-refractivity contribution >= 4 is 44.6 Å². The number of ether oxygens (including phenoxy) is 3. The van der Waals surface area contributed by atoms with Crippen LogP contribution in [0.5, 0.6) is 11.5 Å². The molecular formula is C19H21Cl3O7S. The third-order valence-corrected chi connectivity index (χ3v) is 6.52. The molecule has 2 aromatic carbocycles. The van der Waals surface area contributed by atoms with Crippen LogP contribution in [0.4, 0.5) is 0 Å². The molecule has 0 spiro atoms. The number of hydrogen-bond acceptors (Lipinski definition) is 7. The molecule has 0 bridgehead atoms. The van der Waals surface area contributed by atoms with Crippen molar-refractivity contribution < 1.29 is 32.8 Å². The van der Waals surface area contributed by atoms with Crippen LogP contribution in [0.15, 0.2) is 46.2 Å². The van der Waals surface area contributed by atoms with Gasteiger partial charge in [-0.3, -0.25) is 0 Å². The fourth-order valence-corrected chi connectivity index (χ4v) is 4.33. The second-order valence-corrected chi connectivity index (χ2v) is 9.30. The Morgan fingerprint density at radius 2 is 1.33 bits per heavy atom. The fourth-order valence-electron chi connectivity index (χ4n) is 2.32. The molecule has 2 N–H and O–H groups in total. The molecule has 7 nitrogen and oxygen atoms in total. The van der Waals surface area contributed by atoms with Crippen molar-refractivity contribution in [2.24, 2.45) is 0 Å². The largest absolute Gasteiger partial charge is 0.489 e. The molecule has 0 aliphatic carbocycles. The molecule has 2 aromatic rings. The quantitative estimate of drug-likeness (QED) is 0.458. The minimum Gasteiger partial charge on any atom is -0.489 e. The van der Waals surface area contributed by atoms with Crippen molar-refractivity contribution in [1.29, 1.82) is 0 Å². The van der Waals surface area contributed by atoms with Gasteiger partial charge in [0.15, 0.2) is 0 Å². The van der Waals surface area contributed by atoms with E-state index in [1.165, 1.54) is 43.5 Å². The number of rotatable bonds is 11. The SMILES string of the molecule is COC[C@H](O)COc1ccc(S(=O)(=O)c2ccc(OC[C@H](O)CCl)c(Cl)c2)cc1Cl. The van der Waals surface area contributed by atoms with Gasteiger partial charge in [0.05, 0.1) is 32.3 Å². The molecule has 0 radical (unpaired) electrons. The molecule has 0 aliphatic heterocycles. The minimum atomic E-state index is -3.91. The number of aliphatic hydroxyl groups excluding tert-OH is 2. The molecule has 0 saturated carbocycles. The van der Waals surface area contributed by atoms with E-state index in [-0.39, 0.29) is 57.0 Å². The first-order valence-corrected chi connectivity index (χ1v) is 11.5. The normalized spacial score (nSPS) is 13.7. The molecule has 0 heterocycles. The molecule has 0 fully saturated rings. The molecule has 0 aromatic heterocycles. The van der Waals surface area contributed by atoms with Crippen molar-refractivity contribution in [3.8, 4) is 11.5 Å². The molecule has 2 rings (SSSR count). The highest BCUT2D eigenvalue weighted by molar-refractivity contribution is 7.91. The van der Waals surface area contributed by atoms with Crippen LogP contribution in [-0.2, 0) is 14.6 Å². The zero-order valence-electron chi connectivity index (χ0n) is 15.9. The average molecular weight is 500 g/mol. The predicted molar refractivity (Wildman–Crippen MR) is 114 cm³/mol. The fraction of sp³-hybridized carbons (Fsp3) is 0.368. The van der Waals surface area contributed by atoms with Crippen LogP contribution in [0, 0.1) is 0 Å². The van der Waals surface area contributed by atoms with E-state index >= 15 is 0 Å². The van der Waals surface area contributed by atoms with Gasteiger partial charge in [0, 0.05) is 7.11 Å². The van der Waals surface area contributed by atoms with Crippen LogP contribution in [0.3, 0.4) is 0 Å². The molecule has 0 amide bonds. The van der Waals surface area contributed by atoms with Crippen LogP contribution in [0.1, 0.15) is 0 Å². The Labute approximate surface area is 190 Å². The van der Waals surface area contributed by atoms with E-state index in [0.717, 1.165) is 0 Å². The lowest BCUT2D eigenvalue weighted by Crippen LogP contribution is -2.22. The predicted octanol–water partition coefficient (Wildman–Crippen LogP) is 3.19. The molecule has 0 saturated heterocycles. The Morgan fingerprint density at radius 1 is 0.867 bits per heavy atom. The van der Waals surface area contributed by atoms with Gasteiger partial charge in [0.2, 0.25) is 9.84 Å². The second kappa shape index (κ2) is 11.4. The van der Waals surface area contributed by atoms with E-state index in [1.807, 2.05) is 0 Å². The summed E-state index contributed by atoms with van der Waals surface area (Å²) >= 11 is 17.8. The number of sulfone groups is 1. The van der Waals surface area contributed by atoms with Crippen LogP contribution in [-0.4, -0.2) is 63.6 Å². The highest BCUT2D eigenvalue weighted by Gasteiger charge is 2.21. The van der Waals surface area contributed by atoms with Crippen molar-refractivity contribution in [2.75, 3.05) is 32.8 Å². The summed E-state index contributed by atoms with van der Waals surface area (Å²) in [5.74, 6) is 0.442. The van der Waals surface area contributed by atoms with E-state index < -0.39 is 22.0 Å². The van der Waals surface area contributed by atoms with Gasteiger partial charge in [-0.15, -0.1) is 11.6 Å². The number of benzene rings is 2. The van der Waals surface area contributed by atoms with Crippen LogP contribution in [0.2, 0.25) is 10.0 Å². The van der Waals surface area contributed by atoms with Crippen molar-refractivity contribution in [3.05, 3.63) is 46.4 Å². The molecule has 11 heteroatoms. The zero-order chi connectivity index (χ0) is 22.3. The monoisotopic (exact) mass is 498 g/mol. The summed E-state index contributed by atoms with van der Waals surface area (Å²) in [5.41, 5.74) is 0. The lowest BCUT2D eigenvalue weighted by atomic mass is 10.3. The maximum Gasteiger partial charge on any atom is 0.206 e. The summed E-state index contributed by atoms with van der Waals surface area (Å²) in [4.78, 5) is -0.113. The third kappa shape index (κ3) is 6.62. The maximum atomic E-state index is 12.9. The molecule has 30 heavy (non-hydrogen) atoms. The number of alkyl halides is 1. The molecular weight excluding hydrogens is 479 g/mol. The maximum absolute atomic E-state index is 12.9. The van der Waals surface area contributed by atoms with Gasteiger partial charge in [-0.2, -0.15) is 0 Å². The van der Waals surface area contributed by atoms with Gasteiger partial charge in [-0.25, -0.2) is 8.42 Å². The smallest absolute Gasteiger partial charge is 0.206 e. The van der Waals surface area contributed by atoms with E-state index in [2.05, 4.69) is 0 Å². The van der Waals surface area contributed by atoms with E-state index in [4.69, 9.17) is 49.0 Å². The van der Waals surface area contributed by atoms with Crippen molar-refractivity contribution in [3.63, 3.8) is 0 Å². The van der Waals surface area contributed by atoms with Gasteiger partial charge in [0.1, 0.15) is 36.9 Å². The van der Waals surface area contributed by atoms with E-state index in [9.17, 15) is 18.6 Å². The first-order valence-electron chi connectivity index (χ1n) is 8.69. The van der Waals surface area contributed by atoms with E-state index in [1.54, 1.807) is 0 Å². The Balaban J connectivity index is 2.18. The van der Waals surface area contributed by atoms with Crippen LogP contribution in [0.25, 0.3) is 0 Å². The number of methoxy groups -OCH3 is 1. The Bertz CT molecular complexity index is 953. The van der Waals surface area contributed by atoms with Gasteiger partial charge in [-0.05, 0) is 36.4 Å². The summed E-state index contributed by atoms with van der Waals surface area (Å²) in [6.07, 6.45) is -1.72. The van der Waals surface area contributed by atoms with Crippen LogP contribution >= 0.6 is 34.8 Å². The van der Waals surface area contributed by atoms with Gasteiger partial charge in [0.25, 0.3) is 0 Å². The Hall–Kier alpha value is -1.26. The summed E-state index contributed by atoms with van der Waals surface area (Å²) in [6, 6.07) is 7.98. The van der Waals surface area contributed by atoms with Crippen LogP contribution < -0.4 is 9.47 Å². The summed E-state index contributed by atoms with van der Waals surface area (Å²) in [6.45, 7) is -0.0456. The first kappa shape index (κ1) is 25.0. The first-order chi connectivity index (χ1) is 14.2. The highest BCUT2D eigenvalue weighted by Crippen LogP contribution is 2.33. The molecule has 2 atom stereocenters. The number of aliphatic hydroxyl groups is 2. The topological polar surface area (TPSA) is 102 Å². The summed E-state index contributed by atoms with van der Waals surface area (Å²) in [7, 11) is -2.46. The Kier molecular flexibility index (Phi) is 9.49. The lowest BCUT2D eigenvalue weighted by Gasteiger charge is -2.14. The second-order valence-electron chi connectivity index (χ2n) is 6.23. The number of halogens is 3. The number of hydrogen-bond donors (Lipinski definition) is 2. The van der Waals surface area contributed by atoms with Gasteiger partial charge < -0.3 is 24.4 Å². The summed E-state index contributed by atoms with van der Waals surface area (Å²) in [5, 5.41) is 19.2. The van der Waals surface area contributed by atoms with Gasteiger partial charge >= 0.3 is 0 Å². The Morgan fingerprint density at radius 3 is 1.73 bits per heavy atom. The van der Waals surface area contributed by atoms with Crippen molar-refractivity contribution in [2.45, 2.75) is 22.0 Å². The minimum absolute atomic E-state index is 0.00407. The third-order valence-electron chi connectivity index (χ3n) is 3.83. The summed E-state index contributed by atoms with van der Waals surface area (Å²) < 4.78 is 41.4. The average Bonchev–Trinajstić information content (AvgIpc) is 2.71. The standard InChI is InChI=1S/C19H21Cl3O7S/c1-27-9-13(24)11-29-19-5-3-15(7-17(19)22)30(25,26)14-2-4-18(16(21)6-14)28-10-12(23)8-20/h2-7,12-13,23-24H,8-11H2,1H3/t12-,13+/m1/s1. The lowest BCUT2D eigenvalue weighted by molar-refractivity contribution is 0.0325. The molecule has 0 aliphatic rings. The molecule has 0 unspecified atom stereocenters. The van der Waals surface area contributed by atoms with E-state index in [0.29, 0.717) is 0 Å². The highest BCUT2D eigenvalue weighted by atomic mass is 35.5. The van der Waals surface area contributed by atoms with Gasteiger partial charge in [-0.1, -0.05) is 23.2 Å².